The molecule has 10 nitrogen and oxygen atoms in total. The average Bonchev–Trinajstić information content (AvgIpc) is 2.42. The number of ether oxygens (including phenoxy) is 5. The van der Waals surface area contributed by atoms with Crippen LogP contribution in [-0.2, 0) is 42.9 Å². The monoisotopic (exact) mass is 348 g/mol. The fourth-order valence-electron chi connectivity index (χ4n) is 2.26. The van der Waals surface area contributed by atoms with Gasteiger partial charge in [-0.1, -0.05) is 0 Å². The van der Waals surface area contributed by atoms with Crippen molar-refractivity contribution in [1.29, 1.82) is 0 Å². The molecular formula is C14H20O10. The normalized spacial score (nSPS) is 29.3. The summed E-state index contributed by atoms with van der Waals surface area (Å²) in [6.45, 7) is 3.77. The van der Waals surface area contributed by atoms with Gasteiger partial charge in [-0.2, -0.15) is 0 Å². The second-order valence-corrected chi connectivity index (χ2v) is 5.06. The Balaban J connectivity index is 3.23. The van der Waals surface area contributed by atoms with Crippen molar-refractivity contribution in [2.45, 2.75) is 58.4 Å². The van der Waals surface area contributed by atoms with E-state index >= 15 is 0 Å². The topological polar surface area (TPSA) is 135 Å². The zero-order chi connectivity index (χ0) is 18.4. The van der Waals surface area contributed by atoms with E-state index in [1.165, 1.54) is 0 Å². The maximum Gasteiger partial charge on any atom is 0.305 e. The van der Waals surface area contributed by atoms with Crippen LogP contribution in [0.2, 0.25) is 0 Å². The van der Waals surface area contributed by atoms with Gasteiger partial charge in [0.1, 0.15) is 6.10 Å². The minimum atomic E-state index is -1.44. The van der Waals surface area contributed by atoms with Crippen molar-refractivity contribution in [2.75, 3.05) is 6.61 Å². The van der Waals surface area contributed by atoms with Crippen molar-refractivity contribution in [3.8, 4) is 0 Å². The summed E-state index contributed by atoms with van der Waals surface area (Å²) >= 11 is 0. The number of hydrogen-bond acceptors (Lipinski definition) is 10. The number of aliphatic hydroxyl groups is 1. The summed E-state index contributed by atoms with van der Waals surface area (Å²) in [7, 11) is 0. The van der Waals surface area contributed by atoms with Crippen LogP contribution in [0.1, 0.15) is 27.7 Å². The first-order chi connectivity index (χ1) is 11.1. The lowest BCUT2D eigenvalue weighted by Crippen LogP contribution is -2.62. The Bertz CT molecular complexity index is 502. The molecule has 0 saturated carbocycles. The van der Waals surface area contributed by atoms with Gasteiger partial charge in [-0.15, -0.1) is 0 Å². The van der Waals surface area contributed by atoms with E-state index < -0.39 is 61.2 Å². The highest BCUT2D eigenvalue weighted by molar-refractivity contribution is 5.69. The van der Waals surface area contributed by atoms with Crippen LogP contribution in [-0.4, -0.2) is 66.3 Å². The molecule has 0 aromatic carbocycles. The summed E-state index contributed by atoms with van der Waals surface area (Å²) < 4.78 is 25.4. The molecule has 1 fully saturated rings. The summed E-state index contributed by atoms with van der Waals surface area (Å²) in [5, 5.41) is 9.44. The van der Waals surface area contributed by atoms with Gasteiger partial charge < -0.3 is 28.8 Å². The van der Waals surface area contributed by atoms with Crippen molar-refractivity contribution in [3.05, 3.63) is 0 Å². The maximum atomic E-state index is 11.4. The van der Waals surface area contributed by atoms with Crippen molar-refractivity contribution in [1.82, 2.24) is 0 Å². The second kappa shape index (κ2) is 8.60. The van der Waals surface area contributed by atoms with Crippen LogP contribution < -0.4 is 0 Å². The molecule has 0 spiro atoms. The van der Waals surface area contributed by atoms with Gasteiger partial charge in [-0.05, 0) is 0 Å². The molecule has 0 amide bonds. The number of carbonyl (C=O) groups is 4. The Kier molecular flexibility index (Phi) is 7.11. The van der Waals surface area contributed by atoms with Crippen LogP contribution in [0.25, 0.3) is 0 Å². The smallest absolute Gasteiger partial charge is 0.305 e. The molecule has 0 radical (unpaired) electrons. The van der Waals surface area contributed by atoms with E-state index in [9.17, 15) is 24.3 Å². The van der Waals surface area contributed by atoms with Crippen LogP contribution in [0.15, 0.2) is 0 Å². The van der Waals surface area contributed by atoms with Gasteiger partial charge in [0.15, 0.2) is 12.2 Å². The molecule has 0 unspecified atom stereocenters. The molecular weight excluding hydrogens is 328 g/mol. The molecule has 1 rings (SSSR count). The SMILES string of the molecule is CC(=O)O[C@@H]1O[C@@H](CO)[C@H](OC(C)=O)[C@@H](OC(C)=O)[C@@H]1OC(C)=O. The lowest BCUT2D eigenvalue weighted by Gasteiger charge is -2.43. The molecule has 1 N–H and O–H groups in total. The number of hydrogen-bond donors (Lipinski definition) is 1. The largest absolute Gasteiger partial charge is 0.456 e. The highest BCUT2D eigenvalue weighted by Crippen LogP contribution is 2.29. The Morgan fingerprint density at radius 2 is 1.17 bits per heavy atom. The number of rotatable bonds is 5. The Labute approximate surface area is 137 Å². The number of esters is 4. The van der Waals surface area contributed by atoms with Gasteiger partial charge in [0.2, 0.25) is 12.4 Å². The van der Waals surface area contributed by atoms with Crippen LogP contribution in [0.3, 0.4) is 0 Å². The summed E-state index contributed by atoms with van der Waals surface area (Å²) in [4.78, 5) is 45.3. The highest BCUT2D eigenvalue weighted by atomic mass is 16.7. The van der Waals surface area contributed by atoms with E-state index in [2.05, 4.69) is 0 Å². The van der Waals surface area contributed by atoms with E-state index in [1.54, 1.807) is 0 Å². The van der Waals surface area contributed by atoms with Crippen molar-refractivity contribution in [2.24, 2.45) is 0 Å². The predicted octanol–water partition coefficient (Wildman–Crippen LogP) is -0.938. The predicted molar refractivity (Wildman–Crippen MR) is 74.2 cm³/mol. The van der Waals surface area contributed by atoms with E-state index in [0.717, 1.165) is 27.7 Å². The number of carbonyl (C=O) groups excluding carboxylic acids is 4. The lowest BCUT2D eigenvalue weighted by atomic mass is 9.98. The van der Waals surface area contributed by atoms with Crippen LogP contribution in [0.5, 0.6) is 0 Å². The van der Waals surface area contributed by atoms with E-state index in [0.29, 0.717) is 0 Å². The molecule has 1 aliphatic heterocycles. The quantitative estimate of drug-likeness (QED) is 0.490. The third kappa shape index (κ3) is 5.46. The van der Waals surface area contributed by atoms with Crippen molar-refractivity contribution in [3.63, 3.8) is 0 Å². The van der Waals surface area contributed by atoms with E-state index in [-0.39, 0.29) is 0 Å². The molecule has 0 aromatic heterocycles. The first kappa shape index (κ1) is 19.8. The molecule has 5 atom stereocenters. The highest BCUT2D eigenvalue weighted by Gasteiger charge is 2.53. The molecule has 136 valence electrons. The van der Waals surface area contributed by atoms with E-state index in [4.69, 9.17) is 23.7 Å². The van der Waals surface area contributed by atoms with Crippen LogP contribution in [0, 0.1) is 0 Å². The fourth-order valence-corrected chi connectivity index (χ4v) is 2.26. The van der Waals surface area contributed by atoms with Gasteiger partial charge >= 0.3 is 23.9 Å². The maximum absolute atomic E-state index is 11.4. The molecule has 10 heteroatoms. The standard InChI is InChI=1S/C14H20O10/c1-6(16)20-11-10(5-15)24-14(23-9(4)19)13(22-8(3)18)12(11)21-7(2)17/h10-15H,5H2,1-4H3/t10-,11-,12+,13-,14+/m0/s1. The Morgan fingerprint density at radius 3 is 1.58 bits per heavy atom. The Morgan fingerprint density at radius 1 is 0.750 bits per heavy atom. The fraction of sp³-hybridized carbons (Fsp3) is 0.714. The molecule has 1 saturated heterocycles. The molecule has 1 heterocycles. The van der Waals surface area contributed by atoms with Gasteiger partial charge in [0.25, 0.3) is 0 Å². The minimum Gasteiger partial charge on any atom is -0.456 e. The van der Waals surface area contributed by atoms with Gasteiger partial charge in [0.05, 0.1) is 6.61 Å². The summed E-state index contributed by atoms with van der Waals surface area (Å²) in [6, 6.07) is 0. The third-order valence-electron chi connectivity index (χ3n) is 2.96. The van der Waals surface area contributed by atoms with Crippen molar-refractivity contribution < 1.29 is 48.0 Å². The number of aliphatic hydroxyl groups excluding tert-OH is 1. The first-order valence-corrected chi connectivity index (χ1v) is 7.11. The zero-order valence-corrected chi connectivity index (χ0v) is 13.7. The first-order valence-electron chi connectivity index (χ1n) is 7.11. The van der Waals surface area contributed by atoms with E-state index in [1.807, 2.05) is 0 Å². The van der Waals surface area contributed by atoms with Crippen LogP contribution in [0.4, 0.5) is 0 Å². The molecule has 0 aliphatic carbocycles. The van der Waals surface area contributed by atoms with Gasteiger partial charge in [-0.25, -0.2) is 0 Å². The van der Waals surface area contributed by atoms with Gasteiger partial charge in [-0.3, -0.25) is 19.2 Å². The van der Waals surface area contributed by atoms with Gasteiger partial charge in [0, 0.05) is 27.7 Å². The summed E-state index contributed by atoms with van der Waals surface area (Å²) in [5.41, 5.74) is 0. The summed E-state index contributed by atoms with van der Waals surface area (Å²) in [6.07, 6.45) is -6.56. The molecule has 0 bridgehead atoms. The summed E-state index contributed by atoms with van der Waals surface area (Å²) in [5.74, 6) is -3.00. The third-order valence-corrected chi connectivity index (χ3v) is 2.96. The average molecular weight is 348 g/mol. The lowest BCUT2D eigenvalue weighted by molar-refractivity contribution is -0.299. The van der Waals surface area contributed by atoms with Crippen LogP contribution >= 0.6 is 0 Å². The molecule has 24 heavy (non-hydrogen) atoms. The second-order valence-electron chi connectivity index (χ2n) is 5.06. The zero-order valence-electron chi connectivity index (χ0n) is 13.7. The molecule has 1 aliphatic rings. The Hall–Kier alpha value is -2.20. The minimum absolute atomic E-state index is 0.625. The van der Waals surface area contributed by atoms with Crippen molar-refractivity contribution >= 4 is 23.9 Å². The molecule has 0 aromatic rings.